The second-order valence-corrected chi connectivity index (χ2v) is 13.2. The van der Waals surface area contributed by atoms with E-state index in [9.17, 15) is 0 Å². The van der Waals surface area contributed by atoms with Crippen molar-refractivity contribution in [1.82, 2.24) is 14.5 Å². The lowest BCUT2D eigenvalue weighted by atomic mass is 9.86. The summed E-state index contributed by atoms with van der Waals surface area (Å²) in [7, 11) is 0. The van der Waals surface area contributed by atoms with Crippen molar-refractivity contribution in [3.63, 3.8) is 0 Å². The Morgan fingerprint density at radius 1 is 0.431 bits per heavy atom. The molecule has 0 aliphatic rings. The van der Waals surface area contributed by atoms with Crippen LogP contribution in [0.25, 0.3) is 93.5 Å². The van der Waals surface area contributed by atoms with Crippen molar-refractivity contribution in [2.75, 3.05) is 0 Å². The maximum absolute atomic E-state index is 5.36. The highest BCUT2D eigenvalue weighted by Crippen LogP contribution is 2.44. The van der Waals surface area contributed by atoms with E-state index in [4.69, 9.17) is 9.97 Å². The second-order valence-electron chi connectivity index (χ2n) is 13.2. The molecular weight excluding hydrogens is 619 g/mol. The van der Waals surface area contributed by atoms with Crippen molar-refractivity contribution in [3.05, 3.63) is 176 Å². The minimum Gasteiger partial charge on any atom is -0.296 e. The van der Waals surface area contributed by atoms with Crippen molar-refractivity contribution in [2.45, 2.75) is 13.3 Å². The lowest BCUT2D eigenvalue weighted by Gasteiger charge is -2.18. The zero-order valence-electron chi connectivity index (χ0n) is 28.2. The van der Waals surface area contributed by atoms with Crippen LogP contribution < -0.4 is 0 Å². The van der Waals surface area contributed by atoms with E-state index in [0.29, 0.717) is 0 Å². The minimum absolute atomic E-state index is 0.821. The average molecular weight is 652 g/mol. The van der Waals surface area contributed by atoms with Crippen molar-refractivity contribution in [3.8, 4) is 39.2 Å². The predicted molar refractivity (Wildman–Crippen MR) is 215 cm³/mol. The van der Waals surface area contributed by atoms with Gasteiger partial charge in [0, 0.05) is 28.4 Å². The van der Waals surface area contributed by atoms with Crippen LogP contribution in [0.1, 0.15) is 12.7 Å². The molecule has 0 amide bonds. The van der Waals surface area contributed by atoms with Gasteiger partial charge in [0.2, 0.25) is 0 Å². The van der Waals surface area contributed by atoms with Gasteiger partial charge in [0.1, 0.15) is 5.82 Å². The zero-order chi connectivity index (χ0) is 33.9. The van der Waals surface area contributed by atoms with Gasteiger partial charge in [-0.05, 0) is 73.5 Å². The molecule has 0 atom stereocenters. The number of benzene rings is 8. The summed E-state index contributed by atoms with van der Waals surface area (Å²) in [4.78, 5) is 10.7. The summed E-state index contributed by atoms with van der Waals surface area (Å²) in [6.07, 6.45) is 0.821. The maximum atomic E-state index is 5.36. The molecule has 2 aromatic heterocycles. The molecule has 3 heteroatoms. The Kier molecular flexibility index (Phi) is 6.78. The minimum atomic E-state index is 0.821. The Bertz CT molecular complexity index is 2870. The van der Waals surface area contributed by atoms with Crippen molar-refractivity contribution in [2.24, 2.45) is 0 Å². The van der Waals surface area contributed by atoms with E-state index in [2.05, 4.69) is 181 Å². The molecule has 0 N–H and O–H groups in total. The molecule has 8 aromatic carbocycles. The fourth-order valence-corrected chi connectivity index (χ4v) is 8.09. The van der Waals surface area contributed by atoms with Crippen LogP contribution >= 0.6 is 0 Å². The average Bonchev–Trinajstić information content (AvgIpc) is 3.59. The maximum Gasteiger partial charge on any atom is 0.114 e. The van der Waals surface area contributed by atoms with E-state index in [1.165, 1.54) is 49.2 Å². The van der Waals surface area contributed by atoms with Gasteiger partial charge in [0.05, 0.1) is 22.2 Å². The molecule has 240 valence electrons. The van der Waals surface area contributed by atoms with Crippen LogP contribution in [0.4, 0.5) is 0 Å². The van der Waals surface area contributed by atoms with Gasteiger partial charge in [-0.1, -0.05) is 153 Å². The van der Waals surface area contributed by atoms with E-state index < -0.39 is 0 Å². The number of aryl methyl sites for hydroxylation is 1. The van der Waals surface area contributed by atoms with Crippen molar-refractivity contribution < 1.29 is 0 Å². The second kappa shape index (κ2) is 11.8. The van der Waals surface area contributed by atoms with Crippen LogP contribution in [0.3, 0.4) is 0 Å². The van der Waals surface area contributed by atoms with E-state index in [1.54, 1.807) is 0 Å². The fraction of sp³-hybridized carbons (Fsp3) is 0.0417. The predicted octanol–water partition coefficient (Wildman–Crippen LogP) is 12.6. The largest absolute Gasteiger partial charge is 0.296 e. The number of para-hydroxylation sites is 2. The molecule has 0 saturated heterocycles. The molecule has 0 spiro atoms. The van der Waals surface area contributed by atoms with Gasteiger partial charge < -0.3 is 0 Å². The Labute approximate surface area is 296 Å². The number of pyridine rings is 1. The summed E-state index contributed by atoms with van der Waals surface area (Å²) in [5, 5.41) is 8.40. The molecular formula is C48H33N3. The first kappa shape index (κ1) is 29.3. The Morgan fingerprint density at radius 3 is 1.55 bits per heavy atom. The molecule has 0 bridgehead atoms. The first-order valence-electron chi connectivity index (χ1n) is 17.7. The molecule has 0 fully saturated rings. The van der Waals surface area contributed by atoms with Gasteiger partial charge in [-0.15, -0.1) is 0 Å². The highest BCUT2D eigenvalue weighted by Gasteiger charge is 2.20. The Morgan fingerprint density at radius 2 is 0.941 bits per heavy atom. The summed E-state index contributed by atoms with van der Waals surface area (Å²) in [6, 6.07) is 60.9. The van der Waals surface area contributed by atoms with Crippen molar-refractivity contribution >= 4 is 54.3 Å². The van der Waals surface area contributed by atoms with Gasteiger partial charge >= 0.3 is 0 Å². The van der Waals surface area contributed by atoms with Crippen LogP contribution in [0, 0.1) is 0 Å². The molecule has 0 aliphatic carbocycles. The van der Waals surface area contributed by atoms with Crippen LogP contribution in [0.5, 0.6) is 0 Å². The quantitative estimate of drug-likeness (QED) is 0.137. The third-order valence-electron chi connectivity index (χ3n) is 10.3. The highest BCUT2D eigenvalue weighted by molar-refractivity contribution is 6.22. The number of hydrogen-bond donors (Lipinski definition) is 0. The lowest BCUT2D eigenvalue weighted by molar-refractivity contribution is 0.908. The SMILES string of the molecule is CCc1nc2c3c(-c4ccc(-c5c6ccccc6c(-c6ccccc6)c6ccccc56)cc4)nc4ccccc4c3ccc2n1-c1ccccc1. The van der Waals surface area contributed by atoms with E-state index in [-0.39, 0.29) is 0 Å². The van der Waals surface area contributed by atoms with Gasteiger partial charge in [-0.3, -0.25) is 4.57 Å². The molecule has 2 heterocycles. The van der Waals surface area contributed by atoms with Crippen LogP contribution in [-0.4, -0.2) is 14.5 Å². The number of rotatable bonds is 5. The molecule has 0 saturated carbocycles. The molecule has 0 unspecified atom stereocenters. The zero-order valence-corrected chi connectivity index (χ0v) is 28.2. The number of aromatic nitrogens is 3. The summed E-state index contributed by atoms with van der Waals surface area (Å²) < 4.78 is 2.30. The molecule has 51 heavy (non-hydrogen) atoms. The molecule has 10 aromatic rings. The van der Waals surface area contributed by atoms with Crippen LogP contribution in [0.15, 0.2) is 170 Å². The lowest BCUT2D eigenvalue weighted by Crippen LogP contribution is -1.99. The first-order chi connectivity index (χ1) is 25.3. The summed E-state index contributed by atoms with van der Waals surface area (Å²) >= 11 is 0. The van der Waals surface area contributed by atoms with E-state index in [1.807, 2.05) is 0 Å². The third-order valence-corrected chi connectivity index (χ3v) is 10.3. The van der Waals surface area contributed by atoms with Crippen LogP contribution in [0.2, 0.25) is 0 Å². The van der Waals surface area contributed by atoms with Gasteiger partial charge in [0.15, 0.2) is 0 Å². The van der Waals surface area contributed by atoms with Crippen molar-refractivity contribution in [1.29, 1.82) is 0 Å². The number of fused-ring (bicyclic) bond motifs is 7. The third kappa shape index (κ3) is 4.59. The molecule has 10 rings (SSSR count). The smallest absolute Gasteiger partial charge is 0.114 e. The highest BCUT2D eigenvalue weighted by atomic mass is 15.1. The Hall–Kier alpha value is -6.58. The normalized spacial score (nSPS) is 11.7. The topological polar surface area (TPSA) is 30.7 Å². The van der Waals surface area contributed by atoms with Crippen LogP contribution in [-0.2, 0) is 6.42 Å². The van der Waals surface area contributed by atoms with E-state index >= 15 is 0 Å². The number of imidazole rings is 1. The fourth-order valence-electron chi connectivity index (χ4n) is 8.09. The Balaban J connectivity index is 1.22. The van der Waals surface area contributed by atoms with Gasteiger partial charge in [0.25, 0.3) is 0 Å². The number of hydrogen-bond acceptors (Lipinski definition) is 2. The summed E-state index contributed by atoms with van der Waals surface area (Å²) in [5.41, 5.74) is 11.1. The monoisotopic (exact) mass is 651 g/mol. The summed E-state index contributed by atoms with van der Waals surface area (Å²) in [6.45, 7) is 2.18. The standard InChI is InChI=1S/C48H33N3/c1-2-43-50-48-42(51(43)34-17-7-4-8-18-34)30-29-40-35-19-13-14-24-41(35)49-47(46(40)48)33-27-25-32(26-28-33)45-38-22-11-9-20-36(38)44(31-15-5-3-6-16-31)37-21-10-12-23-39(37)45/h3-30H,2H2,1H3. The number of nitrogens with zero attached hydrogens (tertiary/aromatic N) is 3. The van der Waals surface area contributed by atoms with Gasteiger partial charge in [-0.25, -0.2) is 9.97 Å². The summed E-state index contributed by atoms with van der Waals surface area (Å²) in [5.74, 6) is 1.04. The van der Waals surface area contributed by atoms with E-state index in [0.717, 1.165) is 56.5 Å². The first-order valence-corrected chi connectivity index (χ1v) is 17.7. The van der Waals surface area contributed by atoms with Gasteiger partial charge in [-0.2, -0.15) is 0 Å². The molecule has 3 nitrogen and oxygen atoms in total. The molecule has 0 radical (unpaired) electrons. The molecule has 0 aliphatic heterocycles.